The predicted octanol–water partition coefficient (Wildman–Crippen LogP) is 33.7. The van der Waals surface area contributed by atoms with Crippen molar-refractivity contribution in [1.29, 1.82) is 0 Å². The minimum absolute atomic E-state index is 0.191. The van der Waals surface area contributed by atoms with E-state index in [-0.39, 0.29) is 11.6 Å². The van der Waals surface area contributed by atoms with Gasteiger partial charge in [-0.1, -0.05) is 207 Å². The average molecular weight is 1720 g/mol. The Morgan fingerprint density at radius 1 is 0.257 bits per heavy atom. The van der Waals surface area contributed by atoms with Crippen molar-refractivity contribution in [3.05, 3.63) is 46.0 Å². The molecule has 5 aromatic rings. The van der Waals surface area contributed by atoms with Gasteiger partial charge in [-0.3, -0.25) is 0 Å². The molecular weight excluding hydrogens is 1550 g/mol. The molecule has 109 heavy (non-hydrogen) atoms. The number of halogens is 2. The van der Waals surface area contributed by atoms with Crippen LogP contribution < -0.4 is 7.16 Å². The van der Waals surface area contributed by atoms with Crippen molar-refractivity contribution in [2.75, 3.05) is 0 Å². The summed E-state index contributed by atoms with van der Waals surface area (Å²) in [6.45, 7) is 16.4. The Hall–Kier alpha value is -2.08. The normalized spacial score (nSPS) is 13.8. The van der Waals surface area contributed by atoms with Gasteiger partial charge in [0, 0.05) is 0 Å². The van der Waals surface area contributed by atoms with Gasteiger partial charge in [0.1, 0.15) is 0 Å². The molecule has 0 aliphatic heterocycles. The van der Waals surface area contributed by atoms with Crippen molar-refractivity contribution < 1.29 is 18.0 Å². The molecule has 2 aromatic heterocycles. The zero-order valence-corrected chi connectivity index (χ0v) is 79.0. The zero-order valence-electron chi connectivity index (χ0n) is 73.3. The van der Waals surface area contributed by atoms with E-state index in [9.17, 15) is 0 Å². The van der Waals surface area contributed by atoms with E-state index in [0.717, 1.165) is 124 Å². The van der Waals surface area contributed by atoms with Crippen molar-refractivity contribution in [1.82, 2.24) is 20.6 Å². The molecule has 0 N–H and O–H groups in total. The molecule has 2 heterocycles. The Labute approximate surface area is 678 Å². The van der Waals surface area contributed by atoms with Crippen LogP contribution in [0.5, 0.6) is 0 Å². The topological polar surface area (TPSA) is 77.8 Å². The number of hydrogen-bond acceptors (Lipinski definition) is 6. The summed E-state index contributed by atoms with van der Waals surface area (Å²) in [5.74, 6) is -0.382. The summed E-state index contributed by atoms with van der Waals surface area (Å²) in [5, 5.41) is 19.9. The van der Waals surface area contributed by atoms with E-state index in [1.807, 2.05) is 0 Å². The van der Waals surface area contributed by atoms with Crippen LogP contribution in [0.4, 0.5) is 8.78 Å². The first-order valence-corrected chi connectivity index (χ1v) is 66.1. The monoisotopic (exact) mass is 1730 g/mol. The van der Waals surface area contributed by atoms with Gasteiger partial charge in [-0.15, -0.1) is 0 Å². The third-order valence-corrected chi connectivity index (χ3v) is 48.4. The van der Waals surface area contributed by atoms with Crippen molar-refractivity contribution in [3.8, 4) is 22.3 Å². The first kappa shape index (κ1) is 94.1. The van der Waals surface area contributed by atoms with Crippen LogP contribution in [0.1, 0.15) is 494 Å². The van der Waals surface area contributed by atoms with Crippen molar-refractivity contribution in [2.45, 2.75) is 511 Å². The van der Waals surface area contributed by atoms with Gasteiger partial charge >= 0.3 is 477 Å². The first-order chi connectivity index (χ1) is 53.4. The molecule has 2 aliphatic carbocycles. The molecule has 3 aromatic carbocycles. The van der Waals surface area contributed by atoms with Crippen LogP contribution >= 0.6 is 0 Å². The van der Waals surface area contributed by atoms with E-state index in [4.69, 9.17) is 29.9 Å². The maximum absolute atomic E-state index is 21.0. The fraction of sp³-hybridized carbons (Fsp3) is 0.818. The summed E-state index contributed by atoms with van der Waals surface area (Å²) in [7, 11) is 0. The quantitative estimate of drug-likeness (QED) is 0.0285. The second-order valence-corrected chi connectivity index (χ2v) is 64.6. The predicted molar refractivity (Wildman–Crippen MR) is 477 cm³/mol. The van der Waals surface area contributed by atoms with Crippen LogP contribution in [0.3, 0.4) is 0 Å². The third-order valence-electron chi connectivity index (χ3n) is 27.2. The molecule has 0 amide bonds. The number of nitrogens with zero attached hydrogens (tertiary/aromatic N) is 4. The van der Waals surface area contributed by atoms with E-state index in [1.54, 1.807) is 0 Å². The zero-order chi connectivity index (χ0) is 77.7. The van der Waals surface area contributed by atoms with Crippen molar-refractivity contribution in [3.63, 3.8) is 0 Å². The fourth-order valence-electron chi connectivity index (χ4n) is 20.5. The van der Waals surface area contributed by atoms with E-state index < -0.39 is 47.6 Å². The van der Waals surface area contributed by atoms with Crippen LogP contribution in [0.25, 0.3) is 44.3 Å². The minimum Gasteiger partial charge on any atom is -0.0654 e. The van der Waals surface area contributed by atoms with Crippen molar-refractivity contribution >= 4 is 66.0 Å². The number of fused-ring (bicyclic) bond motifs is 10. The molecule has 0 unspecified atom stereocenters. The molecular formula is C99H170F2N4O2Sn2. The van der Waals surface area contributed by atoms with E-state index in [2.05, 4.69) is 75.4 Å². The molecule has 0 saturated carbocycles. The molecule has 0 fully saturated rings. The minimum atomic E-state index is -3.43. The number of aromatic nitrogens is 4. The Kier molecular flexibility index (Phi) is 46.6. The number of benzene rings is 3. The second kappa shape index (κ2) is 54.0. The second-order valence-electron chi connectivity index (χ2n) is 37.1. The summed E-state index contributed by atoms with van der Waals surface area (Å²) < 4.78 is 60.6. The summed E-state index contributed by atoms with van der Waals surface area (Å²) >= 11 is -6.52. The average Bonchev–Trinajstić information content (AvgIpc) is 1.50. The Morgan fingerprint density at radius 3 is 0.688 bits per heavy atom. The van der Waals surface area contributed by atoms with Crippen LogP contribution in [-0.4, -0.2) is 57.4 Å². The summed E-state index contributed by atoms with van der Waals surface area (Å²) in [6.07, 6.45) is 82.3. The Morgan fingerprint density at radius 2 is 0.459 bits per heavy atom. The molecule has 0 saturated heterocycles. The standard InChI is InChI=1S/C84H134F2N4O2.3C4H9.3CH3.2Sn/c1-5-9-13-17-21-25-29-33-37-41-45-49-53-57-65-83(66-58-54-50-46-42-38-34-30-26-22-18-14-10-6-2)69-61-63-71-81(89-91-87-71)73(69)75-77(83)79(85)76-74-70(62-64-72-82(74)90-92-88-72)84(78(76)80(75)86,67-59-55-51-47-43-39-35-31-27-23-19-15-11-7-3)68-60-56-52-48-44-40-36-32-28-24-20-16-12-8-4;3*1-3-4-2;;;;;/h61-62H,5-60,65-68H2,1-4H3;3*1,3-4H2,2H3;3*1H3;;. The molecule has 0 radical (unpaired) electrons. The molecule has 0 atom stereocenters. The third kappa shape index (κ3) is 28.3. The van der Waals surface area contributed by atoms with E-state index >= 15 is 8.78 Å². The van der Waals surface area contributed by atoms with Gasteiger partial charge in [0.2, 0.25) is 0 Å². The number of hydrogen-bond donors (Lipinski definition) is 0. The summed E-state index contributed by atoms with van der Waals surface area (Å²) in [4.78, 5) is 7.42. The van der Waals surface area contributed by atoms with Crippen molar-refractivity contribution in [2.24, 2.45) is 0 Å². The molecule has 10 heteroatoms. The molecule has 0 spiro atoms. The number of rotatable bonds is 71. The van der Waals surface area contributed by atoms with Gasteiger partial charge in [-0.25, -0.2) is 0 Å². The van der Waals surface area contributed by atoms with Crippen LogP contribution in [-0.2, 0) is 10.8 Å². The molecule has 2 aliphatic rings. The molecule has 7 rings (SSSR count). The van der Waals surface area contributed by atoms with Crippen LogP contribution in [0.2, 0.25) is 28.1 Å². The SMILES string of the molecule is CCCCCCCCCCCCCCCCC1(CCCCCCCCCCCCCCCC)c2c[c]([Sn]([CH3])([CH3])[CH3])c3nonc3c2-c2c(F)c3c(c(F)c21)-c1c(c[c]([Sn]([CH2]CCC)([CH2]CCC)[CH2]CCC)c2nonc12)C3(CCCCCCCCCCCCCCCC)CCCCCCCCCCCCCCCC. The number of unbranched alkanes of at least 4 members (excludes halogenated alkanes) is 55. The first-order valence-electron chi connectivity index (χ1n) is 48.6. The Balaban J connectivity index is 1.36. The molecule has 0 bridgehead atoms. The van der Waals surface area contributed by atoms with E-state index in [1.165, 1.54) is 353 Å². The van der Waals surface area contributed by atoms with Gasteiger partial charge in [-0.05, 0) is 0 Å². The van der Waals surface area contributed by atoms with Gasteiger partial charge in [0.25, 0.3) is 0 Å². The van der Waals surface area contributed by atoms with Gasteiger partial charge in [0.05, 0.1) is 0 Å². The summed E-state index contributed by atoms with van der Waals surface area (Å²) in [6, 6.07) is 5.12. The van der Waals surface area contributed by atoms with Crippen LogP contribution in [0, 0.1) is 11.6 Å². The maximum atomic E-state index is 21.0. The fourth-order valence-corrected chi connectivity index (χ4v) is 41.1. The van der Waals surface area contributed by atoms with Gasteiger partial charge in [0.15, 0.2) is 0 Å². The molecule has 620 valence electrons. The summed E-state index contributed by atoms with van der Waals surface area (Å²) in [5.41, 5.74) is 7.66. The van der Waals surface area contributed by atoms with Crippen LogP contribution in [0.15, 0.2) is 21.4 Å². The Bertz CT molecular complexity index is 3130. The van der Waals surface area contributed by atoms with E-state index in [0.29, 0.717) is 33.3 Å². The smallest absolute Gasteiger partial charge is 0.0654 e. The van der Waals surface area contributed by atoms with Gasteiger partial charge < -0.3 is 0 Å². The molecule has 6 nitrogen and oxygen atoms in total. The van der Waals surface area contributed by atoms with Gasteiger partial charge in [-0.2, -0.15) is 0 Å².